The van der Waals surface area contributed by atoms with Gasteiger partial charge in [0.2, 0.25) is 5.91 Å². The minimum Gasteiger partial charge on any atom is -0.449 e. The second-order valence-electron chi connectivity index (χ2n) is 4.88. The minimum atomic E-state index is -1.23. The maximum Gasteiger partial charge on any atom is 0.349 e. The number of esters is 1. The summed E-state index contributed by atoms with van der Waals surface area (Å²) in [5, 5.41) is 11.5. The number of carbonyl (C=O) groups is 3. The van der Waals surface area contributed by atoms with E-state index in [1.165, 1.54) is 13.8 Å². The van der Waals surface area contributed by atoms with Crippen LogP contribution in [0.4, 0.5) is 0 Å². The molecular weight excluding hydrogens is 285 g/mol. The van der Waals surface area contributed by atoms with Crippen molar-refractivity contribution >= 4 is 27.3 Å². The summed E-state index contributed by atoms with van der Waals surface area (Å²) in [5.41, 5.74) is 0. The highest BCUT2D eigenvalue weighted by Gasteiger charge is 2.28. The van der Waals surface area contributed by atoms with Crippen LogP contribution in [0.1, 0.15) is 34.1 Å². The summed E-state index contributed by atoms with van der Waals surface area (Å²) in [5.74, 6) is -2.01. The normalized spacial score (nSPS) is 15.2. The van der Waals surface area contributed by atoms with E-state index >= 15 is 0 Å². The maximum atomic E-state index is 11.9. The molecule has 0 fully saturated rings. The van der Waals surface area contributed by atoms with E-state index in [2.05, 4.69) is 9.84 Å². The van der Waals surface area contributed by atoms with E-state index in [1.807, 2.05) is 13.8 Å². The molecule has 0 saturated carbocycles. The predicted octanol–water partition coefficient (Wildman–Crippen LogP) is 0.163. The van der Waals surface area contributed by atoms with Gasteiger partial charge in [-0.05, 0) is 26.2 Å². The van der Waals surface area contributed by atoms with Crippen molar-refractivity contribution in [1.29, 1.82) is 0 Å². The zero-order valence-electron chi connectivity index (χ0n) is 12.1. The largest absolute Gasteiger partial charge is 0.449 e. The van der Waals surface area contributed by atoms with Crippen molar-refractivity contribution in [2.24, 2.45) is 5.92 Å². The van der Waals surface area contributed by atoms with Crippen LogP contribution >= 0.6 is 9.47 Å². The van der Waals surface area contributed by atoms with Crippen molar-refractivity contribution in [3.63, 3.8) is 0 Å². The molecule has 0 bridgehead atoms. The van der Waals surface area contributed by atoms with Crippen molar-refractivity contribution in [3.8, 4) is 0 Å². The molecule has 1 amide bonds. The van der Waals surface area contributed by atoms with Crippen LogP contribution in [0.5, 0.6) is 0 Å². The van der Waals surface area contributed by atoms with Gasteiger partial charge in [0.15, 0.2) is 6.10 Å². The molecule has 0 spiro atoms. The van der Waals surface area contributed by atoms with Gasteiger partial charge in [0.25, 0.3) is 0 Å². The molecule has 0 aliphatic rings. The third-order valence-electron chi connectivity index (χ3n) is 2.43. The number of amides is 1. The van der Waals surface area contributed by atoms with Gasteiger partial charge in [-0.25, -0.2) is 9.59 Å². The fourth-order valence-electron chi connectivity index (χ4n) is 1.38. The van der Waals surface area contributed by atoms with Crippen LogP contribution in [-0.2, 0) is 23.6 Å². The molecule has 0 aliphatic heterocycles. The number of aliphatic hydroxyl groups excluding tert-OH is 1. The zero-order valence-corrected chi connectivity index (χ0v) is 13.2. The Morgan fingerprint density at radius 2 is 1.70 bits per heavy atom. The predicted molar refractivity (Wildman–Crippen MR) is 74.4 cm³/mol. The van der Waals surface area contributed by atoms with Crippen molar-refractivity contribution in [1.82, 2.24) is 5.32 Å². The minimum absolute atomic E-state index is 0.117. The molecule has 0 aromatic carbocycles. The highest BCUT2D eigenvalue weighted by Crippen LogP contribution is 2.09. The molecule has 0 aliphatic carbocycles. The SMILES string of the molecule is CC(C)C[C@H](NC(=O)[C@H](C)O)C(=O)O[C@@H](C)C(=O)OP. The Balaban J connectivity index is 4.72. The van der Waals surface area contributed by atoms with Gasteiger partial charge in [0.05, 0.1) is 9.47 Å². The van der Waals surface area contributed by atoms with Gasteiger partial charge < -0.3 is 19.7 Å². The Kier molecular flexibility index (Phi) is 8.34. The zero-order chi connectivity index (χ0) is 15.9. The van der Waals surface area contributed by atoms with E-state index in [-0.39, 0.29) is 5.92 Å². The summed E-state index contributed by atoms with van der Waals surface area (Å²) in [6, 6.07) is -0.920. The first-order valence-corrected chi connectivity index (χ1v) is 6.75. The molecule has 0 saturated heterocycles. The Morgan fingerprint density at radius 1 is 1.15 bits per heavy atom. The first-order valence-electron chi connectivity index (χ1n) is 6.28. The van der Waals surface area contributed by atoms with E-state index in [4.69, 9.17) is 9.84 Å². The van der Waals surface area contributed by atoms with E-state index in [0.29, 0.717) is 6.42 Å². The van der Waals surface area contributed by atoms with Crippen LogP contribution in [0.2, 0.25) is 0 Å². The van der Waals surface area contributed by atoms with Gasteiger partial charge >= 0.3 is 11.9 Å². The molecule has 0 rings (SSSR count). The van der Waals surface area contributed by atoms with Crippen molar-refractivity contribution in [2.75, 3.05) is 0 Å². The van der Waals surface area contributed by atoms with Gasteiger partial charge in [-0.2, -0.15) is 0 Å². The van der Waals surface area contributed by atoms with Crippen LogP contribution in [0.15, 0.2) is 0 Å². The number of hydrogen-bond donors (Lipinski definition) is 2. The molecule has 1 unspecified atom stereocenters. The summed E-state index contributed by atoms with van der Waals surface area (Å²) in [4.78, 5) is 34.6. The van der Waals surface area contributed by atoms with E-state index < -0.39 is 36.1 Å². The average molecular weight is 307 g/mol. The molecule has 20 heavy (non-hydrogen) atoms. The molecule has 0 radical (unpaired) electrons. The second kappa shape index (κ2) is 8.87. The highest BCUT2D eigenvalue weighted by molar-refractivity contribution is 7.10. The lowest BCUT2D eigenvalue weighted by molar-refractivity contribution is -0.163. The lowest BCUT2D eigenvalue weighted by Gasteiger charge is -2.21. The van der Waals surface area contributed by atoms with E-state index in [0.717, 1.165) is 0 Å². The smallest absolute Gasteiger partial charge is 0.349 e. The van der Waals surface area contributed by atoms with Crippen LogP contribution < -0.4 is 5.32 Å². The fraction of sp³-hybridized carbons (Fsp3) is 0.750. The van der Waals surface area contributed by atoms with Gasteiger partial charge in [0.1, 0.15) is 12.1 Å². The first kappa shape index (κ1) is 18.8. The van der Waals surface area contributed by atoms with Crippen LogP contribution in [0.3, 0.4) is 0 Å². The second-order valence-corrected chi connectivity index (χ2v) is 5.12. The maximum absolute atomic E-state index is 11.9. The number of aliphatic hydroxyl groups is 1. The molecule has 8 heteroatoms. The number of nitrogens with one attached hydrogen (secondary N) is 1. The standard InChI is InChI=1S/C12H22NO6P/c1-6(2)5-9(13-10(15)7(3)14)12(17)18-8(4)11(16)19-20/h6-9,14H,5,20H2,1-4H3,(H,13,15)/t7-,8-,9-/m0/s1. The molecule has 116 valence electrons. The van der Waals surface area contributed by atoms with Crippen molar-refractivity contribution in [3.05, 3.63) is 0 Å². The molecular formula is C12H22NO6P. The van der Waals surface area contributed by atoms with Gasteiger partial charge in [-0.15, -0.1) is 0 Å². The summed E-state index contributed by atoms with van der Waals surface area (Å²) in [6.07, 6.45) is -1.97. The van der Waals surface area contributed by atoms with Crippen molar-refractivity contribution < 1.29 is 28.8 Å². The molecule has 0 heterocycles. The highest BCUT2D eigenvalue weighted by atomic mass is 31.0. The Bertz CT molecular complexity index is 358. The Labute approximate surface area is 120 Å². The van der Waals surface area contributed by atoms with Crippen LogP contribution in [0, 0.1) is 5.92 Å². The van der Waals surface area contributed by atoms with Gasteiger partial charge in [-0.3, -0.25) is 4.79 Å². The summed E-state index contributed by atoms with van der Waals surface area (Å²) < 4.78 is 9.29. The summed E-state index contributed by atoms with van der Waals surface area (Å²) >= 11 is 0. The Morgan fingerprint density at radius 3 is 2.10 bits per heavy atom. The monoisotopic (exact) mass is 307 g/mol. The first-order chi connectivity index (χ1) is 9.18. The van der Waals surface area contributed by atoms with Gasteiger partial charge in [-0.1, -0.05) is 13.8 Å². The van der Waals surface area contributed by atoms with Crippen LogP contribution in [-0.4, -0.2) is 41.2 Å². The van der Waals surface area contributed by atoms with E-state index in [1.54, 1.807) is 9.47 Å². The van der Waals surface area contributed by atoms with Crippen LogP contribution in [0.25, 0.3) is 0 Å². The summed E-state index contributed by atoms with van der Waals surface area (Å²) in [7, 11) is 1.77. The number of rotatable bonds is 7. The quantitative estimate of drug-likeness (QED) is 0.513. The number of hydrogen-bond acceptors (Lipinski definition) is 6. The van der Waals surface area contributed by atoms with Crippen molar-refractivity contribution in [2.45, 2.75) is 52.4 Å². The Hall–Kier alpha value is -1.20. The lowest BCUT2D eigenvalue weighted by Crippen LogP contribution is -2.47. The third-order valence-corrected chi connectivity index (χ3v) is 2.66. The summed E-state index contributed by atoms with van der Waals surface area (Å²) in [6.45, 7) is 6.40. The topological polar surface area (TPSA) is 102 Å². The number of ether oxygens (including phenoxy) is 1. The molecule has 7 nitrogen and oxygen atoms in total. The lowest BCUT2D eigenvalue weighted by atomic mass is 10.0. The third kappa shape index (κ3) is 6.82. The average Bonchev–Trinajstić information content (AvgIpc) is 2.35. The van der Waals surface area contributed by atoms with Gasteiger partial charge in [0, 0.05) is 0 Å². The molecule has 2 N–H and O–H groups in total. The molecule has 0 aromatic heterocycles. The molecule has 4 atom stereocenters. The number of carbonyl (C=O) groups excluding carboxylic acids is 3. The van der Waals surface area contributed by atoms with E-state index in [9.17, 15) is 14.4 Å². The fourth-order valence-corrected chi connectivity index (χ4v) is 1.57. The molecule has 0 aromatic rings.